The zero-order chi connectivity index (χ0) is 11.6. The van der Waals surface area contributed by atoms with Gasteiger partial charge in [0.05, 0.1) is 0 Å². The second-order valence-corrected chi connectivity index (χ2v) is 4.85. The lowest BCUT2D eigenvalue weighted by atomic mass is 9.86. The highest BCUT2D eigenvalue weighted by molar-refractivity contribution is 5.87. The Morgan fingerprint density at radius 2 is 2.20 bits per heavy atom. The summed E-state index contributed by atoms with van der Waals surface area (Å²) in [4.78, 5) is 11.5. The maximum absolute atomic E-state index is 11.5. The van der Waals surface area contributed by atoms with Gasteiger partial charge in [-0.25, -0.2) is 4.79 Å². The predicted molar refractivity (Wildman–Crippen MR) is 61.5 cm³/mol. The van der Waals surface area contributed by atoms with Crippen molar-refractivity contribution in [2.24, 2.45) is 5.92 Å². The van der Waals surface area contributed by atoms with Gasteiger partial charge in [0.1, 0.15) is 5.60 Å². The molecule has 0 radical (unpaired) electrons. The zero-order valence-corrected chi connectivity index (χ0v) is 10.1. The first kappa shape index (κ1) is 12.0. The molecule has 2 heteroatoms. The fourth-order valence-electron chi connectivity index (χ4n) is 2.14. The lowest BCUT2D eigenvalue weighted by Gasteiger charge is -2.32. The smallest absolute Gasteiger partial charge is 0.333 e. The second-order valence-electron chi connectivity index (χ2n) is 4.85. The van der Waals surface area contributed by atoms with Gasteiger partial charge in [0, 0.05) is 11.5 Å². The third-order valence-corrected chi connectivity index (χ3v) is 3.01. The monoisotopic (exact) mass is 208 g/mol. The van der Waals surface area contributed by atoms with Crippen molar-refractivity contribution in [3.05, 3.63) is 23.8 Å². The highest BCUT2D eigenvalue weighted by Crippen LogP contribution is 2.36. The average Bonchev–Trinajstić information content (AvgIpc) is 2.50. The average molecular weight is 208 g/mol. The molecule has 1 aliphatic carbocycles. The molecule has 0 aromatic heterocycles. The van der Waals surface area contributed by atoms with Crippen LogP contribution in [0.15, 0.2) is 23.8 Å². The first-order valence-electron chi connectivity index (χ1n) is 5.40. The number of ether oxygens (including phenoxy) is 1. The molecule has 0 amide bonds. The van der Waals surface area contributed by atoms with Crippen molar-refractivity contribution in [1.29, 1.82) is 0 Å². The van der Waals surface area contributed by atoms with Gasteiger partial charge in [-0.05, 0) is 40.5 Å². The van der Waals surface area contributed by atoms with Crippen LogP contribution < -0.4 is 0 Å². The Morgan fingerprint density at radius 3 is 2.60 bits per heavy atom. The molecule has 1 rings (SSSR count). The van der Waals surface area contributed by atoms with E-state index in [1.54, 1.807) is 6.92 Å². The largest absolute Gasteiger partial charge is 0.456 e. The van der Waals surface area contributed by atoms with E-state index in [4.69, 9.17) is 4.74 Å². The minimum absolute atomic E-state index is 0.292. The van der Waals surface area contributed by atoms with E-state index >= 15 is 0 Å². The topological polar surface area (TPSA) is 26.3 Å². The quantitative estimate of drug-likeness (QED) is 0.404. The van der Waals surface area contributed by atoms with Gasteiger partial charge in [-0.2, -0.15) is 0 Å². The number of hydrogen-bond donors (Lipinski definition) is 0. The molecule has 0 fully saturated rings. The lowest BCUT2D eigenvalue weighted by Crippen LogP contribution is -2.36. The highest BCUT2D eigenvalue weighted by Gasteiger charge is 2.35. The standard InChI is InChI=1S/C13H20O2/c1-9(2)12(14)15-13(4,5)11-8-6-7-10(11)3/h7,11H,1,6,8H2,2-5H3. The molecular weight excluding hydrogens is 188 g/mol. The molecule has 1 atom stereocenters. The van der Waals surface area contributed by atoms with Crippen LogP contribution in [0.4, 0.5) is 0 Å². The van der Waals surface area contributed by atoms with E-state index in [9.17, 15) is 4.79 Å². The molecule has 1 aliphatic rings. The van der Waals surface area contributed by atoms with Crippen LogP contribution in [0.1, 0.15) is 40.5 Å². The Labute approximate surface area is 92.0 Å². The molecule has 0 heterocycles. The Balaban J connectivity index is 2.70. The fraction of sp³-hybridized carbons (Fsp3) is 0.615. The van der Waals surface area contributed by atoms with Crippen LogP contribution in [-0.2, 0) is 9.53 Å². The molecule has 0 bridgehead atoms. The van der Waals surface area contributed by atoms with E-state index < -0.39 is 5.60 Å². The zero-order valence-electron chi connectivity index (χ0n) is 10.1. The van der Waals surface area contributed by atoms with Crippen molar-refractivity contribution in [3.63, 3.8) is 0 Å². The molecule has 15 heavy (non-hydrogen) atoms. The summed E-state index contributed by atoms with van der Waals surface area (Å²) in [5.74, 6) is 0.0560. The lowest BCUT2D eigenvalue weighted by molar-refractivity contribution is -0.155. The maximum Gasteiger partial charge on any atom is 0.333 e. The van der Waals surface area contributed by atoms with Crippen molar-refractivity contribution in [2.45, 2.75) is 46.1 Å². The van der Waals surface area contributed by atoms with Crippen molar-refractivity contribution >= 4 is 5.97 Å². The van der Waals surface area contributed by atoms with Crippen LogP contribution in [0.3, 0.4) is 0 Å². The predicted octanol–water partition coefficient (Wildman–Crippen LogP) is 3.24. The molecule has 1 unspecified atom stereocenters. The van der Waals surface area contributed by atoms with Crippen molar-refractivity contribution in [1.82, 2.24) is 0 Å². The molecular formula is C13H20O2. The summed E-state index contributed by atoms with van der Waals surface area (Å²) < 4.78 is 5.47. The van der Waals surface area contributed by atoms with Gasteiger partial charge in [0.2, 0.25) is 0 Å². The fourth-order valence-corrected chi connectivity index (χ4v) is 2.14. The van der Waals surface area contributed by atoms with Gasteiger partial charge >= 0.3 is 5.97 Å². The molecule has 0 aromatic rings. The Bertz CT molecular complexity index is 310. The van der Waals surface area contributed by atoms with E-state index in [-0.39, 0.29) is 5.97 Å². The third-order valence-electron chi connectivity index (χ3n) is 3.01. The van der Waals surface area contributed by atoms with Crippen molar-refractivity contribution < 1.29 is 9.53 Å². The van der Waals surface area contributed by atoms with Crippen LogP contribution >= 0.6 is 0 Å². The Hall–Kier alpha value is -1.05. The van der Waals surface area contributed by atoms with Crippen LogP contribution in [0.25, 0.3) is 0 Å². The Kier molecular flexibility index (Phi) is 3.38. The van der Waals surface area contributed by atoms with Crippen molar-refractivity contribution in [3.8, 4) is 0 Å². The third kappa shape index (κ3) is 2.71. The maximum atomic E-state index is 11.5. The first-order valence-corrected chi connectivity index (χ1v) is 5.40. The molecule has 0 spiro atoms. The van der Waals surface area contributed by atoms with Gasteiger partial charge < -0.3 is 4.74 Å². The minimum atomic E-state index is -0.423. The van der Waals surface area contributed by atoms with Crippen LogP contribution in [0.2, 0.25) is 0 Å². The van der Waals surface area contributed by atoms with E-state index in [1.165, 1.54) is 5.57 Å². The van der Waals surface area contributed by atoms with Gasteiger partial charge in [-0.3, -0.25) is 0 Å². The van der Waals surface area contributed by atoms with E-state index in [1.807, 2.05) is 13.8 Å². The SMILES string of the molecule is C=C(C)C(=O)OC(C)(C)C1CCC=C1C. The first-order chi connectivity index (χ1) is 6.84. The van der Waals surface area contributed by atoms with E-state index in [0.717, 1.165) is 12.8 Å². The summed E-state index contributed by atoms with van der Waals surface area (Å²) in [6, 6.07) is 0. The summed E-state index contributed by atoms with van der Waals surface area (Å²) in [7, 11) is 0. The highest BCUT2D eigenvalue weighted by atomic mass is 16.6. The van der Waals surface area contributed by atoms with Crippen LogP contribution in [0, 0.1) is 5.92 Å². The van der Waals surface area contributed by atoms with Crippen LogP contribution in [0.5, 0.6) is 0 Å². The normalized spacial score (nSPS) is 21.1. The molecule has 2 nitrogen and oxygen atoms in total. The number of allylic oxidation sites excluding steroid dienone is 1. The summed E-state index contributed by atoms with van der Waals surface area (Å²) in [5, 5.41) is 0. The van der Waals surface area contributed by atoms with Crippen molar-refractivity contribution in [2.75, 3.05) is 0 Å². The number of carbonyl (C=O) groups excluding carboxylic acids is 1. The summed E-state index contributed by atoms with van der Waals surface area (Å²) >= 11 is 0. The van der Waals surface area contributed by atoms with Crippen LogP contribution in [-0.4, -0.2) is 11.6 Å². The summed E-state index contributed by atoms with van der Waals surface area (Å²) in [6.45, 7) is 11.3. The number of hydrogen-bond acceptors (Lipinski definition) is 2. The summed E-state index contributed by atoms with van der Waals surface area (Å²) in [6.07, 6.45) is 4.38. The molecule has 0 aromatic carbocycles. The molecule has 0 saturated carbocycles. The number of rotatable bonds is 3. The van der Waals surface area contributed by atoms with Gasteiger partial charge in [0.15, 0.2) is 0 Å². The number of esters is 1. The minimum Gasteiger partial charge on any atom is -0.456 e. The molecule has 0 saturated heterocycles. The number of carbonyl (C=O) groups is 1. The molecule has 0 aliphatic heterocycles. The van der Waals surface area contributed by atoms with Gasteiger partial charge in [-0.1, -0.05) is 18.2 Å². The molecule has 84 valence electrons. The second kappa shape index (κ2) is 4.21. The van der Waals surface area contributed by atoms with Gasteiger partial charge in [0.25, 0.3) is 0 Å². The molecule has 0 N–H and O–H groups in total. The van der Waals surface area contributed by atoms with E-state index in [2.05, 4.69) is 19.6 Å². The summed E-state index contributed by atoms with van der Waals surface area (Å²) in [5.41, 5.74) is 1.37. The Morgan fingerprint density at radius 1 is 1.60 bits per heavy atom. The van der Waals surface area contributed by atoms with E-state index in [0.29, 0.717) is 11.5 Å². The van der Waals surface area contributed by atoms with Gasteiger partial charge in [-0.15, -0.1) is 0 Å².